The predicted molar refractivity (Wildman–Crippen MR) is 87.1 cm³/mol. The highest BCUT2D eigenvalue weighted by molar-refractivity contribution is 7.80. The number of hydrogen-bond donors (Lipinski definition) is 1. The minimum absolute atomic E-state index is 0.0549. The second-order valence-corrected chi connectivity index (χ2v) is 5.42. The van der Waals surface area contributed by atoms with Gasteiger partial charge in [-0.05, 0) is 42.1 Å². The summed E-state index contributed by atoms with van der Waals surface area (Å²) in [6, 6.07) is 4.78. The van der Waals surface area contributed by atoms with Crippen LogP contribution < -0.4 is 5.32 Å². The lowest BCUT2D eigenvalue weighted by Gasteiger charge is -2.27. The second-order valence-electron chi connectivity index (χ2n) is 4.19. The number of benzene rings is 1. The molecule has 0 radical (unpaired) electrons. The smallest absolute Gasteiger partial charge is 0.265 e. The molecule has 1 fully saturated rings. The van der Waals surface area contributed by atoms with E-state index in [-0.39, 0.29) is 17.2 Å². The zero-order valence-corrected chi connectivity index (χ0v) is 13.1. The lowest BCUT2D eigenvalue weighted by atomic mass is 10.1. The summed E-state index contributed by atoms with van der Waals surface area (Å²) in [7, 11) is 0. The molecule has 1 aromatic rings. The number of hydrogen-bond acceptors (Lipinski definition) is 3. The molecule has 0 saturated carbocycles. The van der Waals surface area contributed by atoms with Gasteiger partial charge in [0, 0.05) is 16.6 Å². The van der Waals surface area contributed by atoms with Gasteiger partial charge in [0.15, 0.2) is 5.11 Å². The summed E-state index contributed by atoms with van der Waals surface area (Å²) < 4.78 is 0. The van der Waals surface area contributed by atoms with Crippen molar-refractivity contribution < 1.29 is 9.59 Å². The van der Waals surface area contributed by atoms with Gasteiger partial charge in [-0.2, -0.15) is 0 Å². The number of carbonyl (C=O) groups excluding carboxylic acids is 2. The van der Waals surface area contributed by atoms with Crippen molar-refractivity contribution in [2.75, 3.05) is 6.54 Å². The molecule has 0 unspecified atom stereocenters. The summed E-state index contributed by atoms with van der Waals surface area (Å²) in [6.45, 7) is 3.76. The first kappa shape index (κ1) is 15.7. The Morgan fingerprint density at radius 3 is 2.71 bits per heavy atom. The molecule has 1 saturated heterocycles. The summed E-state index contributed by atoms with van der Waals surface area (Å²) in [5.74, 6) is -1.07. The fourth-order valence-corrected chi connectivity index (χ4v) is 2.37. The van der Waals surface area contributed by atoms with E-state index in [1.165, 1.54) is 17.1 Å². The van der Waals surface area contributed by atoms with E-state index < -0.39 is 11.8 Å². The van der Waals surface area contributed by atoms with Crippen molar-refractivity contribution >= 4 is 58.4 Å². The normalized spacial score (nSPS) is 17.1. The summed E-state index contributed by atoms with van der Waals surface area (Å²) in [5.41, 5.74) is 0.420. The van der Waals surface area contributed by atoms with E-state index in [9.17, 15) is 9.59 Å². The van der Waals surface area contributed by atoms with Crippen molar-refractivity contribution in [2.24, 2.45) is 0 Å². The van der Waals surface area contributed by atoms with Crippen LogP contribution in [-0.4, -0.2) is 28.4 Å². The van der Waals surface area contributed by atoms with Crippen molar-refractivity contribution in [3.8, 4) is 0 Å². The lowest BCUT2D eigenvalue weighted by Crippen LogP contribution is -2.53. The molecular formula is C14H10Cl2N2O2S. The molecule has 1 aliphatic rings. The molecule has 108 valence electrons. The minimum Gasteiger partial charge on any atom is -0.298 e. The van der Waals surface area contributed by atoms with Crippen LogP contribution >= 0.6 is 35.4 Å². The lowest BCUT2D eigenvalue weighted by molar-refractivity contribution is -0.128. The molecule has 7 heteroatoms. The standard InChI is InChI=1S/C14H10Cl2N2O2S/c1-2-5-18-13(20)10(12(19)17-14(18)21)7-8-6-9(15)3-4-11(8)16/h2-4,6-7H,1,5H2,(H,17,19,21)/b10-7+. The highest BCUT2D eigenvalue weighted by Crippen LogP contribution is 2.24. The van der Waals surface area contributed by atoms with Gasteiger partial charge < -0.3 is 0 Å². The maximum atomic E-state index is 12.3. The van der Waals surface area contributed by atoms with Crippen molar-refractivity contribution in [1.82, 2.24) is 10.2 Å². The third kappa shape index (κ3) is 3.32. The molecule has 0 aliphatic carbocycles. The molecule has 4 nitrogen and oxygen atoms in total. The van der Waals surface area contributed by atoms with Gasteiger partial charge in [0.25, 0.3) is 11.8 Å². The van der Waals surface area contributed by atoms with E-state index in [0.29, 0.717) is 15.6 Å². The molecule has 0 atom stereocenters. The van der Waals surface area contributed by atoms with Crippen LogP contribution in [0.2, 0.25) is 10.0 Å². The minimum atomic E-state index is -0.568. The number of nitrogens with zero attached hydrogens (tertiary/aromatic N) is 1. The molecule has 2 rings (SSSR count). The van der Waals surface area contributed by atoms with Crippen LogP contribution in [-0.2, 0) is 9.59 Å². The van der Waals surface area contributed by atoms with Crippen molar-refractivity contribution in [1.29, 1.82) is 0 Å². The van der Waals surface area contributed by atoms with Crippen LogP contribution in [0.3, 0.4) is 0 Å². The molecule has 0 aromatic heterocycles. The van der Waals surface area contributed by atoms with E-state index >= 15 is 0 Å². The average molecular weight is 341 g/mol. The molecule has 1 aliphatic heterocycles. The monoisotopic (exact) mass is 340 g/mol. The zero-order chi connectivity index (χ0) is 15.6. The molecule has 1 heterocycles. The number of amides is 2. The zero-order valence-electron chi connectivity index (χ0n) is 10.7. The van der Waals surface area contributed by atoms with Crippen molar-refractivity contribution in [2.45, 2.75) is 0 Å². The van der Waals surface area contributed by atoms with Crippen LogP contribution in [0, 0.1) is 0 Å². The van der Waals surface area contributed by atoms with Crippen LogP contribution in [0.25, 0.3) is 6.08 Å². The number of nitrogens with one attached hydrogen (secondary N) is 1. The Bertz CT molecular complexity index is 686. The highest BCUT2D eigenvalue weighted by Gasteiger charge is 2.32. The summed E-state index contributed by atoms with van der Waals surface area (Å²) in [5, 5.41) is 3.35. The molecule has 2 amide bonds. The summed E-state index contributed by atoms with van der Waals surface area (Å²) in [6.07, 6.45) is 2.91. The van der Waals surface area contributed by atoms with Crippen LogP contribution in [0.15, 0.2) is 36.4 Å². The van der Waals surface area contributed by atoms with Gasteiger partial charge >= 0.3 is 0 Å². The number of halogens is 2. The van der Waals surface area contributed by atoms with Gasteiger partial charge in [-0.25, -0.2) is 0 Å². The third-order valence-corrected chi connectivity index (χ3v) is 3.66. The highest BCUT2D eigenvalue weighted by atomic mass is 35.5. The van der Waals surface area contributed by atoms with E-state index in [1.54, 1.807) is 18.2 Å². The van der Waals surface area contributed by atoms with E-state index in [0.717, 1.165) is 0 Å². The first-order valence-corrected chi connectivity index (χ1v) is 7.05. The maximum Gasteiger partial charge on any atom is 0.265 e. The first-order chi connectivity index (χ1) is 9.93. The van der Waals surface area contributed by atoms with Gasteiger partial charge in [-0.15, -0.1) is 6.58 Å². The maximum absolute atomic E-state index is 12.3. The van der Waals surface area contributed by atoms with Crippen LogP contribution in [0.5, 0.6) is 0 Å². The fourth-order valence-electron chi connectivity index (χ4n) is 1.77. The number of carbonyl (C=O) groups is 2. The first-order valence-electron chi connectivity index (χ1n) is 5.89. The largest absolute Gasteiger partial charge is 0.298 e. The van der Waals surface area contributed by atoms with Gasteiger partial charge in [0.2, 0.25) is 0 Å². The molecule has 0 spiro atoms. The average Bonchev–Trinajstić information content (AvgIpc) is 2.43. The number of rotatable bonds is 3. The van der Waals surface area contributed by atoms with Gasteiger partial charge in [0.1, 0.15) is 5.57 Å². The quantitative estimate of drug-likeness (QED) is 0.398. The summed E-state index contributed by atoms with van der Waals surface area (Å²) in [4.78, 5) is 25.5. The fraction of sp³-hybridized carbons (Fsp3) is 0.0714. The van der Waals surface area contributed by atoms with Gasteiger partial charge in [0.05, 0.1) is 0 Å². The molecule has 21 heavy (non-hydrogen) atoms. The summed E-state index contributed by atoms with van der Waals surface area (Å²) >= 11 is 16.9. The SMILES string of the molecule is C=CCN1C(=O)/C(=C/c2cc(Cl)ccc2Cl)C(=O)NC1=S. The predicted octanol–water partition coefficient (Wildman–Crippen LogP) is 2.81. The molecular weight excluding hydrogens is 331 g/mol. The van der Waals surface area contributed by atoms with E-state index in [1.807, 2.05) is 0 Å². The Balaban J connectivity index is 2.45. The second kappa shape index (κ2) is 6.39. The van der Waals surface area contributed by atoms with Crippen molar-refractivity contribution in [3.05, 3.63) is 52.0 Å². The van der Waals surface area contributed by atoms with Crippen LogP contribution in [0.4, 0.5) is 0 Å². The van der Waals surface area contributed by atoms with Gasteiger partial charge in [-0.3, -0.25) is 19.8 Å². The topological polar surface area (TPSA) is 49.4 Å². The molecule has 1 aromatic carbocycles. The van der Waals surface area contributed by atoms with E-state index in [4.69, 9.17) is 35.4 Å². The third-order valence-electron chi connectivity index (χ3n) is 2.76. The van der Waals surface area contributed by atoms with Crippen LogP contribution in [0.1, 0.15) is 5.56 Å². The Morgan fingerprint density at radius 1 is 1.33 bits per heavy atom. The van der Waals surface area contributed by atoms with Crippen molar-refractivity contribution in [3.63, 3.8) is 0 Å². The van der Waals surface area contributed by atoms with E-state index in [2.05, 4.69) is 11.9 Å². The Kier molecular flexibility index (Phi) is 4.77. The van der Waals surface area contributed by atoms with Gasteiger partial charge in [-0.1, -0.05) is 29.3 Å². The Hall–Kier alpha value is -1.69. The molecule has 1 N–H and O–H groups in total. The Labute approximate surface area is 137 Å². The number of thiocarbonyl (C=S) groups is 1. The molecule has 0 bridgehead atoms. The Morgan fingerprint density at radius 2 is 2.05 bits per heavy atom.